The van der Waals surface area contributed by atoms with Crippen LogP contribution in [0.15, 0.2) is 42.5 Å². The molecule has 0 radical (unpaired) electrons. The van der Waals surface area contributed by atoms with Gasteiger partial charge in [-0.15, -0.1) is 0 Å². The molecule has 2 rings (SSSR count). The Bertz CT molecular complexity index is 806. The van der Waals surface area contributed by atoms with Crippen LogP contribution in [-0.4, -0.2) is 26.0 Å². The van der Waals surface area contributed by atoms with Crippen molar-refractivity contribution in [1.29, 1.82) is 0 Å². The molecule has 0 bridgehead atoms. The van der Waals surface area contributed by atoms with Gasteiger partial charge in [0.1, 0.15) is 11.5 Å². The van der Waals surface area contributed by atoms with Crippen molar-refractivity contribution in [3.05, 3.63) is 59.2 Å². The normalized spacial score (nSPS) is 10.5. The molecule has 0 fully saturated rings. The number of rotatable bonds is 6. The maximum atomic E-state index is 12.2. The van der Waals surface area contributed by atoms with Gasteiger partial charge in [-0.2, -0.15) is 0 Å². The minimum Gasteiger partial charge on any atom is -0.497 e. The van der Waals surface area contributed by atoms with E-state index in [1.165, 1.54) is 6.08 Å². The van der Waals surface area contributed by atoms with E-state index in [1.807, 2.05) is 0 Å². The number of methoxy groups -OCH3 is 2. The molecule has 0 aliphatic rings. The Labute approximate surface area is 146 Å². The van der Waals surface area contributed by atoms with E-state index in [9.17, 15) is 9.59 Å². The van der Waals surface area contributed by atoms with Crippen LogP contribution in [0.4, 0.5) is 5.69 Å². The van der Waals surface area contributed by atoms with E-state index >= 15 is 0 Å². The van der Waals surface area contributed by atoms with Gasteiger partial charge >= 0.3 is 0 Å². The predicted octanol–water partition coefficient (Wildman–Crippen LogP) is 2.76. The number of ether oxygens (including phenoxy) is 2. The van der Waals surface area contributed by atoms with Gasteiger partial charge in [-0.25, -0.2) is 0 Å². The third-order valence-electron chi connectivity index (χ3n) is 3.66. The highest BCUT2D eigenvalue weighted by atomic mass is 16.5. The molecule has 130 valence electrons. The molecule has 0 spiro atoms. The van der Waals surface area contributed by atoms with Gasteiger partial charge in [-0.05, 0) is 48.4 Å². The average molecular weight is 340 g/mol. The molecule has 0 atom stereocenters. The fraction of sp³-hybridized carbons (Fsp3) is 0.158. The third kappa shape index (κ3) is 4.60. The summed E-state index contributed by atoms with van der Waals surface area (Å²) in [6.45, 7) is 1.73. The number of anilines is 1. The van der Waals surface area contributed by atoms with Crippen LogP contribution in [-0.2, 0) is 4.79 Å². The highest BCUT2D eigenvalue weighted by molar-refractivity contribution is 6.04. The smallest absolute Gasteiger partial charge is 0.249 e. The molecule has 25 heavy (non-hydrogen) atoms. The van der Waals surface area contributed by atoms with Gasteiger partial charge in [-0.1, -0.05) is 6.07 Å². The van der Waals surface area contributed by atoms with Crippen LogP contribution in [0, 0.1) is 6.92 Å². The molecule has 0 saturated carbocycles. The lowest BCUT2D eigenvalue weighted by Crippen LogP contribution is -2.15. The topological polar surface area (TPSA) is 90.6 Å². The van der Waals surface area contributed by atoms with Crippen LogP contribution in [0.2, 0.25) is 0 Å². The molecule has 0 saturated heterocycles. The van der Waals surface area contributed by atoms with Crippen molar-refractivity contribution in [3.8, 4) is 11.5 Å². The molecule has 2 aromatic carbocycles. The predicted molar refractivity (Wildman–Crippen MR) is 96.9 cm³/mol. The van der Waals surface area contributed by atoms with Crippen molar-refractivity contribution in [1.82, 2.24) is 0 Å². The Kier molecular flexibility index (Phi) is 5.79. The first-order valence-corrected chi connectivity index (χ1v) is 7.56. The van der Waals surface area contributed by atoms with Crippen LogP contribution in [0.5, 0.6) is 11.5 Å². The van der Waals surface area contributed by atoms with E-state index in [4.69, 9.17) is 15.2 Å². The molecule has 0 unspecified atom stereocenters. The fourth-order valence-corrected chi connectivity index (χ4v) is 2.31. The van der Waals surface area contributed by atoms with E-state index in [0.717, 1.165) is 5.56 Å². The molecular weight excluding hydrogens is 320 g/mol. The highest BCUT2D eigenvalue weighted by Crippen LogP contribution is 2.23. The molecule has 2 aromatic rings. The van der Waals surface area contributed by atoms with Crippen LogP contribution in [0.25, 0.3) is 6.08 Å². The van der Waals surface area contributed by atoms with Gasteiger partial charge in [0.15, 0.2) is 0 Å². The number of hydrogen-bond donors (Lipinski definition) is 2. The number of benzene rings is 2. The van der Waals surface area contributed by atoms with Gasteiger partial charge in [0.05, 0.1) is 14.2 Å². The first kappa shape index (κ1) is 18.1. The number of nitrogens with one attached hydrogen (secondary N) is 1. The van der Waals surface area contributed by atoms with Crippen molar-refractivity contribution >= 4 is 23.6 Å². The summed E-state index contributed by atoms with van der Waals surface area (Å²) in [5, 5.41) is 2.74. The van der Waals surface area contributed by atoms with Gasteiger partial charge < -0.3 is 20.5 Å². The first-order chi connectivity index (χ1) is 11.9. The zero-order valence-corrected chi connectivity index (χ0v) is 14.3. The largest absolute Gasteiger partial charge is 0.497 e. The molecule has 6 heteroatoms. The minimum atomic E-state index is -0.535. The number of nitrogens with two attached hydrogens (primary N) is 1. The molecule has 0 aromatic heterocycles. The van der Waals surface area contributed by atoms with Crippen molar-refractivity contribution in [2.24, 2.45) is 5.73 Å². The van der Waals surface area contributed by atoms with Crippen molar-refractivity contribution in [3.63, 3.8) is 0 Å². The summed E-state index contributed by atoms with van der Waals surface area (Å²) < 4.78 is 10.4. The van der Waals surface area contributed by atoms with E-state index in [1.54, 1.807) is 63.6 Å². The Hall–Kier alpha value is -3.28. The van der Waals surface area contributed by atoms with Crippen molar-refractivity contribution < 1.29 is 19.1 Å². The fourth-order valence-electron chi connectivity index (χ4n) is 2.31. The van der Waals surface area contributed by atoms with Crippen molar-refractivity contribution in [2.75, 3.05) is 19.5 Å². The highest BCUT2D eigenvalue weighted by Gasteiger charge is 2.09. The average Bonchev–Trinajstić information content (AvgIpc) is 2.61. The van der Waals surface area contributed by atoms with Crippen molar-refractivity contribution in [2.45, 2.75) is 6.92 Å². The zero-order valence-electron chi connectivity index (χ0n) is 14.3. The van der Waals surface area contributed by atoms with Gasteiger partial charge in [0, 0.05) is 23.4 Å². The Balaban J connectivity index is 2.17. The summed E-state index contributed by atoms with van der Waals surface area (Å²) in [7, 11) is 3.12. The van der Waals surface area contributed by atoms with Crippen LogP contribution < -0.4 is 20.5 Å². The lowest BCUT2D eigenvalue weighted by molar-refractivity contribution is -0.111. The van der Waals surface area contributed by atoms with Crippen LogP contribution >= 0.6 is 0 Å². The Morgan fingerprint density at radius 2 is 1.72 bits per heavy atom. The summed E-state index contributed by atoms with van der Waals surface area (Å²) >= 11 is 0. The zero-order chi connectivity index (χ0) is 18.4. The monoisotopic (exact) mass is 340 g/mol. The third-order valence-corrected chi connectivity index (χ3v) is 3.66. The summed E-state index contributed by atoms with van der Waals surface area (Å²) in [5.41, 5.74) is 7.61. The lowest BCUT2D eigenvalue weighted by Gasteiger charge is -2.09. The standard InChI is InChI=1S/C19H20N2O4/c1-12-16(19(20)23)5-4-6-17(12)21-18(22)8-7-13-9-14(24-2)11-15(10-13)25-3/h4-11H,1-3H3,(H2,20,23)(H,21,22)/b8-7+. The molecule has 0 aliphatic carbocycles. The number of hydrogen-bond acceptors (Lipinski definition) is 4. The molecule has 0 heterocycles. The van der Waals surface area contributed by atoms with Gasteiger partial charge in [0.25, 0.3) is 0 Å². The first-order valence-electron chi connectivity index (χ1n) is 7.56. The summed E-state index contributed by atoms with van der Waals surface area (Å²) in [6.07, 6.45) is 3.04. The van der Waals surface area contributed by atoms with Gasteiger partial charge in [-0.3, -0.25) is 9.59 Å². The summed E-state index contributed by atoms with van der Waals surface area (Å²) in [6, 6.07) is 10.3. The number of primary amides is 1. The molecule has 6 nitrogen and oxygen atoms in total. The van der Waals surface area contributed by atoms with E-state index in [2.05, 4.69) is 5.32 Å². The van der Waals surface area contributed by atoms with Crippen LogP contribution in [0.1, 0.15) is 21.5 Å². The maximum Gasteiger partial charge on any atom is 0.249 e. The van der Waals surface area contributed by atoms with E-state index < -0.39 is 5.91 Å². The number of carbonyl (C=O) groups is 2. The van der Waals surface area contributed by atoms with Gasteiger partial charge in [0.2, 0.25) is 11.8 Å². The number of amides is 2. The second-order valence-corrected chi connectivity index (χ2v) is 5.31. The molecular formula is C19H20N2O4. The summed E-state index contributed by atoms with van der Waals surface area (Å²) in [4.78, 5) is 23.5. The van der Waals surface area contributed by atoms with Crippen LogP contribution in [0.3, 0.4) is 0 Å². The quantitative estimate of drug-likeness (QED) is 0.791. The summed E-state index contributed by atoms with van der Waals surface area (Å²) in [5.74, 6) is 0.396. The molecule has 0 aliphatic heterocycles. The Morgan fingerprint density at radius 1 is 1.08 bits per heavy atom. The molecule has 2 amide bonds. The second kappa shape index (κ2) is 8.01. The Morgan fingerprint density at radius 3 is 2.28 bits per heavy atom. The minimum absolute atomic E-state index is 0.327. The lowest BCUT2D eigenvalue weighted by atomic mass is 10.1. The maximum absolute atomic E-state index is 12.2. The SMILES string of the molecule is COc1cc(/C=C/C(=O)Nc2cccc(C(N)=O)c2C)cc(OC)c1. The van der Waals surface area contributed by atoms with E-state index in [-0.39, 0.29) is 5.91 Å². The second-order valence-electron chi connectivity index (χ2n) is 5.31. The molecule has 3 N–H and O–H groups in total. The number of carbonyl (C=O) groups excluding carboxylic acids is 2. The van der Waals surface area contributed by atoms with E-state index in [0.29, 0.717) is 28.3 Å².